The van der Waals surface area contributed by atoms with Gasteiger partial charge in [-0.1, -0.05) is 11.6 Å². The van der Waals surface area contributed by atoms with E-state index in [-0.39, 0.29) is 11.9 Å². The van der Waals surface area contributed by atoms with Gasteiger partial charge in [0.05, 0.1) is 6.10 Å². The molecule has 0 bridgehead atoms. The van der Waals surface area contributed by atoms with Crippen LogP contribution < -0.4 is 5.32 Å². The number of hydrogen-bond acceptors (Lipinski definition) is 2. The molecule has 0 aliphatic rings. The summed E-state index contributed by atoms with van der Waals surface area (Å²) in [5.74, 6) is -0.132. The van der Waals surface area contributed by atoms with Gasteiger partial charge in [-0.3, -0.25) is 4.79 Å². The topological polar surface area (TPSA) is 49.3 Å². The summed E-state index contributed by atoms with van der Waals surface area (Å²) in [7, 11) is 0. The minimum Gasteiger partial charge on any atom is -0.393 e. The SMILES string of the molecule is Cc1cc(Cl)ccc1C(=O)NC(C)CC(C)O. The quantitative estimate of drug-likeness (QED) is 0.869. The molecule has 0 saturated carbocycles. The van der Waals surface area contributed by atoms with Crippen molar-refractivity contribution in [3.05, 3.63) is 34.3 Å². The maximum absolute atomic E-state index is 11.9. The molecular weight excluding hydrogens is 238 g/mol. The summed E-state index contributed by atoms with van der Waals surface area (Å²) in [6, 6.07) is 5.11. The predicted octanol–water partition coefficient (Wildman–Crippen LogP) is 2.54. The second kappa shape index (κ2) is 6.03. The molecule has 0 aromatic heterocycles. The van der Waals surface area contributed by atoms with Crippen LogP contribution in [0.4, 0.5) is 0 Å². The van der Waals surface area contributed by atoms with Gasteiger partial charge in [0.1, 0.15) is 0 Å². The van der Waals surface area contributed by atoms with E-state index >= 15 is 0 Å². The summed E-state index contributed by atoms with van der Waals surface area (Å²) in [6.07, 6.45) is 0.120. The smallest absolute Gasteiger partial charge is 0.251 e. The Hall–Kier alpha value is -1.06. The maximum atomic E-state index is 11.9. The van der Waals surface area contributed by atoms with Crippen molar-refractivity contribution in [2.75, 3.05) is 0 Å². The number of benzene rings is 1. The van der Waals surface area contributed by atoms with E-state index in [9.17, 15) is 9.90 Å². The zero-order valence-corrected chi connectivity index (χ0v) is 11.1. The lowest BCUT2D eigenvalue weighted by Crippen LogP contribution is -2.35. The standard InChI is InChI=1S/C13H18ClNO2/c1-8-6-11(14)4-5-12(8)13(17)15-9(2)7-10(3)16/h4-6,9-10,16H,7H2,1-3H3,(H,15,17). The highest BCUT2D eigenvalue weighted by atomic mass is 35.5. The van der Waals surface area contributed by atoms with Crippen molar-refractivity contribution in [2.45, 2.75) is 39.3 Å². The third kappa shape index (κ3) is 4.36. The molecule has 0 fully saturated rings. The number of aliphatic hydroxyl groups is 1. The summed E-state index contributed by atoms with van der Waals surface area (Å²) >= 11 is 5.83. The molecule has 1 aromatic rings. The fourth-order valence-electron chi connectivity index (χ4n) is 1.75. The van der Waals surface area contributed by atoms with Crippen molar-refractivity contribution in [2.24, 2.45) is 0 Å². The van der Waals surface area contributed by atoms with Crippen LogP contribution in [-0.4, -0.2) is 23.2 Å². The van der Waals surface area contributed by atoms with Gasteiger partial charge >= 0.3 is 0 Å². The number of hydrogen-bond donors (Lipinski definition) is 2. The number of halogens is 1. The summed E-state index contributed by atoms with van der Waals surface area (Å²) in [4.78, 5) is 11.9. The van der Waals surface area contributed by atoms with Gasteiger partial charge < -0.3 is 10.4 Å². The van der Waals surface area contributed by atoms with E-state index in [4.69, 9.17) is 11.6 Å². The Morgan fingerprint density at radius 2 is 2.12 bits per heavy atom. The first-order valence-electron chi connectivity index (χ1n) is 5.65. The monoisotopic (exact) mass is 255 g/mol. The van der Waals surface area contributed by atoms with Crippen LogP contribution in [0, 0.1) is 6.92 Å². The van der Waals surface area contributed by atoms with Crippen LogP contribution in [0.15, 0.2) is 18.2 Å². The summed E-state index contributed by atoms with van der Waals surface area (Å²) in [5, 5.41) is 12.7. The first-order chi connectivity index (χ1) is 7.90. The third-order valence-corrected chi connectivity index (χ3v) is 2.74. The Morgan fingerprint density at radius 3 is 2.65 bits per heavy atom. The van der Waals surface area contributed by atoms with Gasteiger partial charge in [-0.2, -0.15) is 0 Å². The molecule has 1 aromatic carbocycles. The minimum absolute atomic E-state index is 0.0578. The molecule has 1 rings (SSSR count). The molecule has 3 nitrogen and oxygen atoms in total. The van der Waals surface area contributed by atoms with E-state index in [0.29, 0.717) is 17.0 Å². The molecule has 4 heteroatoms. The molecule has 2 unspecified atom stereocenters. The Bertz CT molecular complexity index is 404. The zero-order chi connectivity index (χ0) is 13.0. The van der Waals surface area contributed by atoms with E-state index in [1.807, 2.05) is 13.8 Å². The summed E-state index contributed by atoms with van der Waals surface area (Å²) < 4.78 is 0. The van der Waals surface area contributed by atoms with Crippen LogP contribution in [-0.2, 0) is 0 Å². The van der Waals surface area contributed by atoms with Crippen LogP contribution in [0.25, 0.3) is 0 Å². The van der Waals surface area contributed by atoms with Crippen molar-refractivity contribution in [3.63, 3.8) is 0 Å². The minimum atomic E-state index is -0.420. The van der Waals surface area contributed by atoms with Crippen molar-refractivity contribution < 1.29 is 9.90 Å². The van der Waals surface area contributed by atoms with E-state index < -0.39 is 6.10 Å². The van der Waals surface area contributed by atoms with E-state index in [1.165, 1.54) is 0 Å². The number of amides is 1. The zero-order valence-electron chi connectivity index (χ0n) is 10.3. The molecule has 17 heavy (non-hydrogen) atoms. The molecular formula is C13H18ClNO2. The lowest BCUT2D eigenvalue weighted by Gasteiger charge is -2.16. The van der Waals surface area contributed by atoms with Crippen LogP contribution >= 0.6 is 11.6 Å². The molecule has 0 aliphatic heterocycles. The molecule has 0 aliphatic carbocycles. The summed E-state index contributed by atoms with van der Waals surface area (Å²) in [5.41, 5.74) is 1.46. The van der Waals surface area contributed by atoms with Gasteiger partial charge in [-0.05, 0) is 51.0 Å². The van der Waals surface area contributed by atoms with Crippen molar-refractivity contribution >= 4 is 17.5 Å². The number of aliphatic hydroxyl groups excluding tert-OH is 1. The lowest BCUT2D eigenvalue weighted by atomic mass is 10.1. The number of rotatable bonds is 4. The Labute approximate surface area is 107 Å². The number of carbonyl (C=O) groups is 1. The highest BCUT2D eigenvalue weighted by Crippen LogP contribution is 2.15. The van der Waals surface area contributed by atoms with Gasteiger partial charge in [0.15, 0.2) is 0 Å². The molecule has 0 heterocycles. The van der Waals surface area contributed by atoms with Gasteiger partial charge in [-0.25, -0.2) is 0 Å². The number of carbonyl (C=O) groups excluding carboxylic acids is 1. The number of aryl methyl sites for hydroxylation is 1. The first-order valence-corrected chi connectivity index (χ1v) is 6.03. The highest BCUT2D eigenvalue weighted by molar-refractivity contribution is 6.30. The number of nitrogens with one attached hydrogen (secondary N) is 1. The summed E-state index contributed by atoms with van der Waals surface area (Å²) in [6.45, 7) is 5.42. The molecule has 0 radical (unpaired) electrons. The highest BCUT2D eigenvalue weighted by Gasteiger charge is 2.13. The maximum Gasteiger partial charge on any atom is 0.251 e. The average Bonchev–Trinajstić information content (AvgIpc) is 2.15. The van der Waals surface area contributed by atoms with Crippen LogP contribution in [0.1, 0.15) is 36.2 Å². The second-order valence-corrected chi connectivity index (χ2v) is 4.85. The van der Waals surface area contributed by atoms with E-state index in [2.05, 4.69) is 5.32 Å². The van der Waals surface area contributed by atoms with E-state index in [1.54, 1.807) is 25.1 Å². The lowest BCUT2D eigenvalue weighted by molar-refractivity contribution is 0.0922. The Balaban J connectivity index is 2.70. The molecule has 0 spiro atoms. The molecule has 2 atom stereocenters. The van der Waals surface area contributed by atoms with Crippen molar-refractivity contribution in [1.82, 2.24) is 5.32 Å². The van der Waals surface area contributed by atoms with E-state index in [0.717, 1.165) is 5.56 Å². The van der Waals surface area contributed by atoms with Gasteiger partial charge in [0.25, 0.3) is 5.91 Å². The molecule has 1 amide bonds. The van der Waals surface area contributed by atoms with Crippen molar-refractivity contribution in [1.29, 1.82) is 0 Å². The van der Waals surface area contributed by atoms with Crippen molar-refractivity contribution in [3.8, 4) is 0 Å². The van der Waals surface area contributed by atoms with Crippen LogP contribution in [0.2, 0.25) is 5.02 Å². The second-order valence-electron chi connectivity index (χ2n) is 4.42. The Kier molecular flexibility index (Phi) is 4.97. The van der Waals surface area contributed by atoms with Gasteiger partial charge in [-0.15, -0.1) is 0 Å². The fourth-order valence-corrected chi connectivity index (χ4v) is 1.98. The van der Waals surface area contributed by atoms with Gasteiger partial charge in [0, 0.05) is 16.6 Å². The van der Waals surface area contributed by atoms with Crippen LogP contribution in [0.5, 0.6) is 0 Å². The third-order valence-electron chi connectivity index (χ3n) is 2.51. The fraction of sp³-hybridized carbons (Fsp3) is 0.462. The van der Waals surface area contributed by atoms with Crippen LogP contribution in [0.3, 0.4) is 0 Å². The molecule has 0 saturated heterocycles. The first kappa shape index (κ1) is 14.0. The Morgan fingerprint density at radius 1 is 1.47 bits per heavy atom. The normalized spacial score (nSPS) is 14.2. The molecule has 2 N–H and O–H groups in total. The van der Waals surface area contributed by atoms with Gasteiger partial charge in [0.2, 0.25) is 0 Å². The molecule has 94 valence electrons. The average molecular weight is 256 g/mol. The predicted molar refractivity (Wildman–Crippen MR) is 69.4 cm³/mol. The largest absolute Gasteiger partial charge is 0.393 e.